The number of nitrogens with two attached hydrogens (primary N) is 1. The SMILES string of the molecule is Cc1ccncc1C(=O)c1cc(F)ccc1N. The third-order valence-corrected chi connectivity index (χ3v) is 2.54. The van der Waals surface area contributed by atoms with E-state index in [1.807, 2.05) is 0 Å². The van der Waals surface area contributed by atoms with E-state index in [1.165, 1.54) is 18.3 Å². The first-order valence-corrected chi connectivity index (χ1v) is 5.10. The summed E-state index contributed by atoms with van der Waals surface area (Å²) in [4.78, 5) is 16.0. The molecule has 0 aliphatic rings. The summed E-state index contributed by atoms with van der Waals surface area (Å²) >= 11 is 0. The van der Waals surface area contributed by atoms with Gasteiger partial charge < -0.3 is 5.73 Å². The molecule has 0 saturated heterocycles. The van der Waals surface area contributed by atoms with E-state index in [2.05, 4.69) is 4.98 Å². The van der Waals surface area contributed by atoms with Crippen LogP contribution in [0.15, 0.2) is 36.7 Å². The van der Waals surface area contributed by atoms with Gasteiger partial charge in [-0.3, -0.25) is 9.78 Å². The summed E-state index contributed by atoms with van der Waals surface area (Å²) in [6, 6.07) is 5.48. The lowest BCUT2D eigenvalue weighted by molar-refractivity contribution is 0.103. The quantitative estimate of drug-likeness (QED) is 0.636. The van der Waals surface area contributed by atoms with Gasteiger partial charge in [0.25, 0.3) is 0 Å². The fraction of sp³-hybridized carbons (Fsp3) is 0.0769. The maximum atomic E-state index is 13.1. The molecule has 86 valence electrons. The molecule has 4 heteroatoms. The summed E-state index contributed by atoms with van der Waals surface area (Å²) < 4.78 is 13.1. The van der Waals surface area contributed by atoms with E-state index in [9.17, 15) is 9.18 Å². The zero-order chi connectivity index (χ0) is 12.4. The predicted molar refractivity (Wildman–Crippen MR) is 63.2 cm³/mol. The van der Waals surface area contributed by atoms with Gasteiger partial charge in [-0.05, 0) is 36.8 Å². The molecule has 1 heterocycles. The Kier molecular flexibility index (Phi) is 2.87. The van der Waals surface area contributed by atoms with Gasteiger partial charge in [-0.25, -0.2) is 4.39 Å². The van der Waals surface area contributed by atoms with Gasteiger partial charge in [0.2, 0.25) is 0 Å². The Bertz CT molecular complexity index is 581. The van der Waals surface area contributed by atoms with Crippen molar-refractivity contribution in [3.05, 3.63) is 59.2 Å². The number of hydrogen-bond donors (Lipinski definition) is 1. The highest BCUT2D eigenvalue weighted by molar-refractivity contribution is 6.12. The maximum absolute atomic E-state index is 13.1. The summed E-state index contributed by atoms with van der Waals surface area (Å²) in [6.07, 6.45) is 3.06. The van der Waals surface area contributed by atoms with Gasteiger partial charge in [-0.1, -0.05) is 0 Å². The molecule has 0 unspecified atom stereocenters. The Hall–Kier alpha value is -2.23. The first kappa shape index (κ1) is 11.3. The lowest BCUT2D eigenvalue weighted by atomic mass is 10.00. The second kappa shape index (κ2) is 4.33. The van der Waals surface area contributed by atoms with Crippen LogP contribution in [0.5, 0.6) is 0 Å². The Labute approximate surface area is 98.1 Å². The van der Waals surface area contributed by atoms with Crippen LogP contribution in [0.4, 0.5) is 10.1 Å². The number of aryl methyl sites for hydroxylation is 1. The number of halogens is 1. The van der Waals surface area contributed by atoms with Crippen LogP contribution in [0.1, 0.15) is 21.5 Å². The van der Waals surface area contributed by atoms with E-state index in [-0.39, 0.29) is 17.0 Å². The van der Waals surface area contributed by atoms with Crippen molar-refractivity contribution < 1.29 is 9.18 Å². The molecule has 0 aliphatic heterocycles. The van der Waals surface area contributed by atoms with Crippen molar-refractivity contribution >= 4 is 11.5 Å². The molecule has 0 atom stereocenters. The number of pyridine rings is 1. The number of nitrogens with zero attached hydrogens (tertiary/aromatic N) is 1. The normalized spacial score (nSPS) is 10.2. The Morgan fingerprint density at radius 2 is 2.06 bits per heavy atom. The average molecular weight is 230 g/mol. The van der Waals surface area contributed by atoms with Gasteiger partial charge in [0.05, 0.1) is 0 Å². The van der Waals surface area contributed by atoms with Gasteiger partial charge in [0.1, 0.15) is 5.82 Å². The minimum Gasteiger partial charge on any atom is -0.398 e. The van der Waals surface area contributed by atoms with Crippen molar-refractivity contribution in [3.63, 3.8) is 0 Å². The van der Waals surface area contributed by atoms with Crippen LogP contribution in [0.2, 0.25) is 0 Å². The number of rotatable bonds is 2. The molecule has 0 bridgehead atoms. The molecule has 2 aromatic rings. The first-order valence-electron chi connectivity index (χ1n) is 5.10. The number of aromatic nitrogens is 1. The molecule has 2 N–H and O–H groups in total. The number of carbonyl (C=O) groups is 1. The zero-order valence-electron chi connectivity index (χ0n) is 9.27. The number of carbonyl (C=O) groups excluding carboxylic acids is 1. The van der Waals surface area contributed by atoms with Gasteiger partial charge in [-0.15, -0.1) is 0 Å². The van der Waals surface area contributed by atoms with E-state index < -0.39 is 5.82 Å². The van der Waals surface area contributed by atoms with Crippen LogP contribution >= 0.6 is 0 Å². The number of anilines is 1. The van der Waals surface area contributed by atoms with Crippen molar-refractivity contribution in [1.82, 2.24) is 4.98 Å². The summed E-state index contributed by atoms with van der Waals surface area (Å²) in [5.41, 5.74) is 7.32. The number of hydrogen-bond acceptors (Lipinski definition) is 3. The van der Waals surface area contributed by atoms with E-state index >= 15 is 0 Å². The number of benzene rings is 1. The van der Waals surface area contributed by atoms with Crippen molar-refractivity contribution in [2.24, 2.45) is 0 Å². The smallest absolute Gasteiger partial charge is 0.197 e. The van der Waals surface area contributed by atoms with Crippen LogP contribution < -0.4 is 5.73 Å². The second-order valence-corrected chi connectivity index (χ2v) is 3.75. The highest BCUT2D eigenvalue weighted by atomic mass is 19.1. The van der Waals surface area contributed by atoms with Gasteiger partial charge in [0, 0.05) is 29.2 Å². The lowest BCUT2D eigenvalue weighted by Crippen LogP contribution is -2.08. The third kappa shape index (κ3) is 2.15. The fourth-order valence-corrected chi connectivity index (χ4v) is 1.57. The number of ketones is 1. The fourth-order valence-electron chi connectivity index (χ4n) is 1.57. The standard InChI is InChI=1S/C13H11FN2O/c1-8-4-5-16-7-11(8)13(17)10-6-9(14)2-3-12(10)15/h2-7H,15H2,1H3. The summed E-state index contributed by atoms with van der Waals surface area (Å²) in [6.45, 7) is 1.80. The van der Waals surface area contributed by atoms with Crippen molar-refractivity contribution in [3.8, 4) is 0 Å². The molecular weight excluding hydrogens is 219 g/mol. The van der Waals surface area contributed by atoms with Gasteiger partial charge in [0.15, 0.2) is 5.78 Å². The Morgan fingerprint density at radius 1 is 1.29 bits per heavy atom. The topological polar surface area (TPSA) is 56.0 Å². The molecule has 0 aliphatic carbocycles. The molecule has 0 saturated carbocycles. The van der Waals surface area contributed by atoms with Crippen LogP contribution in [-0.4, -0.2) is 10.8 Å². The zero-order valence-corrected chi connectivity index (χ0v) is 9.27. The molecule has 17 heavy (non-hydrogen) atoms. The van der Waals surface area contributed by atoms with Crippen LogP contribution in [0.25, 0.3) is 0 Å². The Balaban J connectivity index is 2.51. The van der Waals surface area contributed by atoms with E-state index in [0.29, 0.717) is 5.56 Å². The molecule has 0 amide bonds. The number of nitrogen functional groups attached to an aromatic ring is 1. The molecule has 0 fully saturated rings. The third-order valence-electron chi connectivity index (χ3n) is 2.54. The van der Waals surface area contributed by atoms with E-state index in [1.54, 1.807) is 19.2 Å². The Morgan fingerprint density at radius 3 is 2.76 bits per heavy atom. The molecule has 1 aromatic carbocycles. The summed E-state index contributed by atoms with van der Waals surface area (Å²) in [5.74, 6) is -0.795. The van der Waals surface area contributed by atoms with Crippen LogP contribution in [0, 0.1) is 12.7 Å². The van der Waals surface area contributed by atoms with E-state index in [4.69, 9.17) is 5.73 Å². The van der Waals surface area contributed by atoms with Crippen molar-refractivity contribution in [1.29, 1.82) is 0 Å². The van der Waals surface area contributed by atoms with Crippen LogP contribution in [0.3, 0.4) is 0 Å². The minimum absolute atomic E-state index is 0.168. The molecule has 3 nitrogen and oxygen atoms in total. The predicted octanol–water partition coefficient (Wildman–Crippen LogP) is 2.34. The maximum Gasteiger partial charge on any atom is 0.197 e. The average Bonchev–Trinajstić information content (AvgIpc) is 2.32. The van der Waals surface area contributed by atoms with Crippen molar-refractivity contribution in [2.45, 2.75) is 6.92 Å². The second-order valence-electron chi connectivity index (χ2n) is 3.75. The monoisotopic (exact) mass is 230 g/mol. The molecule has 0 radical (unpaired) electrons. The molecule has 1 aromatic heterocycles. The highest BCUT2D eigenvalue weighted by Gasteiger charge is 2.15. The largest absolute Gasteiger partial charge is 0.398 e. The summed E-state index contributed by atoms with van der Waals surface area (Å²) in [7, 11) is 0. The van der Waals surface area contributed by atoms with Gasteiger partial charge >= 0.3 is 0 Å². The van der Waals surface area contributed by atoms with Crippen LogP contribution in [-0.2, 0) is 0 Å². The van der Waals surface area contributed by atoms with Crippen molar-refractivity contribution in [2.75, 3.05) is 5.73 Å². The van der Waals surface area contributed by atoms with E-state index in [0.717, 1.165) is 11.6 Å². The lowest BCUT2D eigenvalue weighted by Gasteiger charge is -2.06. The molecule has 2 rings (SSSR count). The summed E-state index contributed by atoms with van der Waals surface area (Å²) in [5, 5.41) is 0. The van der Waals surface area contributed by atoms with Gasteiger partial charge in [-0.2, -0.15) is 0 Å². The first-order chi connectivity index (χ1) is 8.09. The molecular formula is C13H11FN2O. The molecule has 0 spiro atoms. The minimum atomic E-state index is -0.482. The highest BCUT2D eigenvalue weighted by Crippen LogP contribution is 2.19.